The van der Waals surface area contributed by atoms with Crippen LogP contribution in [0.15, 0.2) is 29.2 Å². The molecule has 0 saturated carbocycles. The van der Waals surface area contributed by atoms with E-state index in [4.69, 9.17) is 10.6 Å². The fraction of sp³-hybridized carbons (Fsp3) is 0.300. The van der Waals surface area contributed by atoms with Crippen LogP contribution in [-0.4, -0.2) is 26.7 Å². The molecule has 0 aliphatic rings. The van der Waals surface area contributed by atoms with Gasteiger partial charge in [-0.15, -0.1) is 0 Å². The largest absolute Gasteiger partial charge is 0.481 e. The van der Waals surface area contributed by atoms with Crippen molar-refractivity contribution in [3.63, 3.8) is 0 Å². The summed E-state index contributed by atoms with van der Waals surface area (Å²) in [5.41, 5.74) is 1.96. The van der Waals surface area contributed by atoms with E-state index >= 15 is 0 Å². The van der Waals surface area contributed by atoms with Crippen LogP contribution in [0.2, 0.25) is 0 Å². The molecule has 94 valence electrons. The first-order chi connectivity index (χ1) is 7.84. The molecule has 0 aromatic heterocycles. The molecule has 0 heterocycles. The Morgan fingerprint density at radius 1 is 1.35 bits per heavy atom. The lowest BCUT2D eigenvalue weighted by Gasteiger charge is -2.12. The zero-order chi connectivity index (χ0) is 13.1. The Morgan fingerprint density at radius 3 is 2.29 bits per heavy atom. The summed E-state index contributed by atoms with van der Waals surface area (Å²) in [5.74, 6) is 4.88. The molecule has 3 N–H and O–H groups in total. The van der Waals surface area contributed by atoms with Crippen LogP contribution in [0.3, 0.4) is 0 Å². The van der Waals surface area contributed by atoms with Gasteiger partial charge in [-0.2, -0.15) is 0 Å². The number of amides is 1. The monoisotopic (exact) mass is 258 g/mol. The van der Waals surface area contributed by atoms with E-state index in [-0.39, 0.29) is 4.90 Å². The number of ether oxygens (including phenoxy) is 1. The predicted molar refractivity (Wildman–Crippen MR) is 62.0 cm³/mol. The minimum absolute atomic E-state index is 0.195. The number of hydrazine groups is 1. The standard InChI is InChI=1S/C10H14N2O4S/c1-7(10(13)12-11)16-8-3-5-9(6-4-8)17(2,14)15/h3-7H,11H2,1-2H3,(H,12,13). The summed E-state index contributed by atoms with van der Waals surface area (Å²) in [7, 11) is -3.22. The zero-order valence-electron chi connectivity index (χ0n) is 9.51. The molecule has 0 aliphatic heterocycles. The van der Waals surface area contributed by atoms with Gasteiger partial charge in [0.2, 0.25) is 0 Å². The first kappa shape index (κ1) is 13.5. The number of sulfone groups is 1. The lowest BCUT2D eigenvalue weighted by atomic mass is 10.3. The average molecular weight is 258 g/mol. The SMILES string of the molecule is CC(Oc1ccc(S(C)(=O)=O)cc1)C(=O)NN. The smallest absolute Gasteiger partial charge is 0.274 e. The van der Waals surface area contributed by atoms with E-state index in [1.807, 2.05) is 5.43 Å². The normalized spacial score (nSPS) is 12.9. The Kier molecular flexibility index (Phi) is 4.08. The van der Waals surface area contributed by atoms with Crippen LogP contribution in [-0.2, 0) is 14.6 Å². The van der Waals surface area contributed by atoms with Gasteiger partial charge >= 0.3 is 0 Å². The van der Waals surface area contributed by atoms with Crippen molar-refractivity contribution in [1.82, 2.24) is 5.43 Å². The van der Waals surface area contributed by atoms with Gasteiger partial charge in [-0.1, -0.05) is 0 Å². The van der Waals surface area contributed by atoms with Gasteiger partial charge in [0.1, 0.15) is 5.75 Å². The van der Waals surface area contributed by atoms with Gasteiger partial charge in [0, 0.05) is 6.26 Å². The fourth-order valence-electron chi connectivity index (χ4n) is 1.14. The minimum atomic E-state index is -3.22. The number of rotatable bonds is 4. The van der Waals surface area contributed by atoms with E-state index in [0.29, 0.717) is 5.75 Å². The number of nitrogens with two attached hydrogens (primary N) is 1. The van der Waals surface area contributed by atoms with Crippen LogP contribution in [0.25, 0.3) is 0 Å². The maximum atomic E-state index is 11.2. The fourth-order valence-corrected chi connectivity index (χ4v) is 1.77. The Morgan fingerprint density at radius 2 is 1.88 bits per heavy atom. The molecule has 7 heteroatoms. The second-order valence-electron chi connectivity index (χ2n) is 3.51. The van der Waals surface area contributed by atoms with Gasteiger partial charge in [0.05, 0.1) is 4.90 Å². The molecule has 17 heavy (non-hydrogen) atoms. The van der Waals surface area contributed by atoms with Crippen molar-refractivity contribution in [3.8, 4) is 5.75 Å². The molecule has 1 amide bonds. The van der Waals surface area contributed by atoms with Crippen molar-refractivity contribution < 1.29 is 17.9 Å². The van der Waals surface area contributed by atoms with Crippen molar-refractivity contribution in [2.45, 2.75) is 17.9 Å². The highest BCUT2D eigenvalue weighted by molar-refractivity contribution is 7.90. The van der Waals surface area contributed by atoms with Crippen LogP contribution in [0.4, 0.5) is 0 Å². The molecule has 6 nitrogen and oxygen atoms in total. The van der Waals surface area contributed by atoms with Crippen LogP contribution in [0, 0.1) is 0 Å². The van der Waals surface area contributed by atoms with E-state index < -0.39 is 21.8 Å². The molecule has 0 saturated heterocycles. The third kappa shape index (κ3) is 3.72. The molecule has 0 bridgehead atoms. The number of hydrogen-bond donors (Lipinski definition) is 2. The first-order valence-electron chi connectivity index (χ1n) is 4.82. The van der Waals surface area contributed by atoms with Gasteiger partial charge in [-0.3, -0.25) is 10.2 Å². The van der Waals surface area contributed by atoms with Crippen molar-refractivity contribution in [2.24, 2.45) is 5.84 Å². The number of nitrogens with one attached hydrogen (secondary N) is 1. The molecule has 1 atom stereocenters. The highest BCUT2D eigenvalue weighted by Gasteiger charge is 2.13. The summed E-state index contributed by atoms with van der Waals surface area (Å²) < 4.78 is 27.6. The van der Waals surface area contributed by atoms with Crippen LogP contribution in [0.5, 0.6) is 5.75 Å². The number of carbonyl (C=O) groups is 1. The minimum Gasteiger partial charge on any atom is -0.481 e. The summed E-state index contributed by atoms with van der Waals surface area (Å²) in [6.07, 6.45) is 0.372. The quantitative estimate of drug-likeness (QED) is 0.444. The number of benzene rings is 1. The second kappa shape index (κ2) is 5.15. The topological polar surface area (TPSA) is 98.5 Å². The number of carbonyl (C=O) groups excluding carboxylic acids is 1. The molecule has 0 fully saturated rings. The Hall–Kier alpha value is -1.60. The van der Waals surface area contributed by atoms with Gasteiger partial charge in [0.25, 0.3) is 5.91 Å². The molecule has 1 aromatic rings. The maximum absolute atomic E-state index is 11.2. The van der Waals surface area contributed by atoms with Crippen LogP contribution < -0.4 is 16.0 Å². The third-order valence-electron chi connectivity index (χ3n) is 2.08. The Balaban J connectivity index is 2.79. The highest BCUT2D eigenvalue weighted by atomic mass is 32.2. The third-order valence-corrected chi connectivity index (χ3v) is 3.20. The molecule has 1 unspecified atom stereocenters. The van der Waals surface area contributed by atoms with Crippen LogP contribution >= 0.6 is 0 Å². The van der Waals surface area contributed by atoms with E-state index in [1.165, 1.54) is 31.2 Å². The molecule has 0 spiro atoms. The van der Waals surface area contributed by atoms with E-state index in [1.54, 1.807) is 0 Å². The van der Waals surface area contributed by atoms with Gasteiger partial charge in [-0.25, -0.2) is 14.3 Å². The maximum Gasteiger partial charge on any atom is 0.274 e. The zero-order valence-corrected chi connectivity index (χ0v) is 10.3. The van der Waals surface area contributed by atoms with Crippen LogP contribution in [0.1, 0.15) is 6.92 Å². The molecule has 0 aliphatic carbocycles. The predicted octanol–water partition coefficient (Wildman–Crippen LogP) is -0.153. The van der Waals surface area contributed by atoms with E-state index in [2.05, 4.69) is 0 Å². The summed E-state index contributed by atoms with van der Waals surface area (Å²) >= 11 is 0. The molecule has 1 rings (SSSR count). The highest BCUT2D eigenvalue weighted by Crippen LogP contribution is 2.16. The molecule has 0 radical (unpaired) electrons. The van der Waals surface area contributed by atoms with Gasteiger partial charge in [0.15, 0.2) is 15.9 Å². The molecular formula is C10H14N2O4S. The molecule has 1 aromatic carbocycles. The Labute approximate surface area is 99.7 Å². The van der Waals surface area contributed by atoms with Gasteiger partial charge in [-0.05, 0) is 31.2 Å². The summed E-state index contributed by atoms with van der Waals surface area (Å²) in [5, 5.41) is 0. The first-order valence-corrected chi connectivity index (χ1v) is 6.71. The second-order valence-corrected chi connectivity index (χ2v) is 5.53. The number of hydrogen-bond acceptors (Lipinski definition) is 5. The van der Waals surface area contributed by atoms with E-state index in [9.17, 15) is 13.2 Å². The lowest BCUT2D eigenvalue weighted by molar-refractivity contribution is -0.127. The van der Waals surface area contributed by atoms with Crippen molar-refractivity contribution in [3.05, 3.63) is 24.3 Å². The van der Waals surface area contributed by atoms with E-state index in [0.717, 1.165) is 6.26 Å². The van der Waals surface area contributed by atoms with Crippen molar-refractivity contribution in [1.29, 1.82) is 0 Å². The summed E-state index contributed by atoms with van der Waals surface area (Å²) in [4.78, 5) is 11.3. The van der Waals surface area contributed by atoms with Crippen molar-refractivity contribution >= 4 is 15.7 Å². The summed E-state index contributed by atoms with van der Waals surface area (Å²) in [6.45, 7) is 1.53. The van der Waals surface area contributed by atoms with Gasteiger partial charge < -0.3 is 4.74 Å². The summed E-state index contributed by atoms with van der Waals surface area (Å²) in [6, 6.07) is 5.79. The average Bonchev–Trinajstić information content (AvgIpc) is 2.27. The Bertz CT molecular complexity index is 496. The molecular weight excluding hydrogens is 244 g/mol. The lowest BCUT2D eigenvalue weighted by Crippen LogP contribution is -2.40. The van der Waals surface area contributed by atoms with Crippen molar-refractivity contribution in [2.75, 3.05) is 6.26 Å².